The Morgan fingerprint density at radius 3 is 2.03 bits per heavy atom. The van der Waals surface area contributed by atoms with E-state index >= 15 is 0 Å². The third-order valence-corrected chi connectivity index (χ3v) is 5.81. The van der Waals surface area contributed by atoms with Gasteiger partial charge in [-0.15, -0.1) is 0 Å². The molecular formula is C29H30N2O4. The predicted octanol–water partition coefficient (Wildman–Crippen LogP) is 5.02. The highest BCUT2D eigenvalue weighted by atomic mass is 16.3. The second-order valence-corrected chi connectivity index (χ2v) is 8.55. The van der Waals surface area contributed by atoms with Crippen molar-refractivity contribution >= 4 is 11.8 Å². The normalized spacial score (nSPS) is 10.8. The van der Waals surface area contributed by atoms with Crippen LogP contribution in [0, 0.1) is 6.92 Å². The summed E-state index contributed by atoms with van der Waals surface area (Å²) in [6.45, 7) is 2.94. The fraction of sp³-hybridized carbons (Fsp3) is 0.241. The SMILES string of the molecule is Cc1ccc(CN(CCc2ccccc2)C(=O)CN(Cc2ccco2)C(=O)Cc2ccccc2)o1. The molecule has 0 fully saturated rings. The van der Waals surface area contributed by atoms with E-state index < -0.39 is 0 Å². The molecular weight excluding hydrogens is 440 g/mol. The minimum absolute atomic E-state index is 0.0408. The second-order valence-electron chi connectivity index (χ2n) is 8.55. The van der Waals surface area contributed by atoms with E-state index in [1.165, 1.54) is 0 Å². The molecule has 4 rings (SSSR count). The number of hydrogen-bond acceptors (Lipinski definition) is 4. The Labute approximate surface area is 205 Å². The molecule has 4 aromatic rings. The number of nitrogens with zero attached hydrogens (tertiary/aromatic N) is 2. The van der Waals surface area contributed by atoms with Crippen molar-refractivity contribution in [3.8, 4) is 0 Å². The van der Waals surface area contributed by atoms with E-state index in [4.69, 9.17) is 8.83 Å². The molecule has 180 valence electrons. The summed E-state index contributed by atoms with van der Waals surface area (Å²) in [4.78, 5) is 30.1. The van der Waals surface area contributed by atoms with Gasteiger partial charge in [0.15, 0.2) is 0 Å². The number of carbonyl (C=O) groups excluding carboxylic acids is 2. The van der Waals surface area contributed by atoms with E-state index in [1.807, 2.05) is 85.8 Å². The van der Waals surface area contributed by atoms with Crippen LogP contribution in [-0.2, 0) is 35.5 Å². The molecule has 2 heterocycles. The van der Waals surface area contributed by atoms with E-state index in [1.54, 1.807) is 22.1 Å². The van der Waals surface area contributed by atoms with Crippen LogP contribution in [0.15, 0.2) is 100 Å². The molecule has 0 saturated carbocycles. The van der Waals surface area contributed by atoms with Gasteiger partial charge in [0.05, 0.1) is 25.8 Å². The van der Waals surface area contributed by atoms with Gasteiger partial charge in [-0.3, -0.25) is 9.59 Å². The molecule has 0 spiro atoms. The highest BCUT2D eigenvalue weighted by molar-refractivity contribution is 5.85. The lowest BCUT2D eigenvalue weighted by Gasteiger charge is -2.27. The van der Waals surface area contributed by atoms with Crippen molar-refractivity contribution in [1.82, 2.24) is 9.80 Å². The first kappa shape index (κ1) is 24.1. The number of furan rings is 2. The molecule has 2 aromatic carbocycles. The van der Waals surface area contributed by atoms with Crippen molar-refractivity contribution in [2.75, 3.05) is 13.1 Å². The second kappa shape index (κ2) is 11.9. The Kier molecular flexibility index (Phi) is 8.17. The molecule has 2 aromatic heterocycles. The minimum atomic E-state index is -0.136. The van der Waals surface area contributed by atoms with Crippen LogP contribution in [0.25, 0.3) is 0 Å². The fourth-order valence-corrected chi connectivity index (χ4v) is 3.93. The van der Waals surface area contributed by atoms with E-state index in [0.29, 0.717) is 25.3 Å². The number of aryl methyl sites for hydroxylation is 1. The van der Waals surface area contributed by atoms with Crippen LogP contribution in [0.3, 0.4) is 0 Å². The van der Waals surface area contributed by atoms with Crippen LogP contribution in [0.5, 0.6) is 0 Å². The number of rotatable bonds is 11. The lowest BCUT2D eigenvalue weighted by molar-refractivity contribution is -0.141. The summed E-state index contributed by atoms with van der Waals surface area (Å²) in [5.74, 6) is 1.89. The molecule has 0 saturated heterocycles. The molecule has 0 unspecified atom stereocenters. The summed E-state index contributed by atoms with van der Waals surface area (Å²) in [5, 5.41) is 0. The van der Waals surface area contributed by atoms with Gasteiger partial charge in [-0.05, 0) is 48.7 Å². The lowest BCUT2D eigenvalue weighted by atomic mass is 10.1. The van der Waals surface area contributed by atoms with E-state index in [2.05, 4.69) is 0 Å². The van der Waals surface area contributed by atoms with Crippen LogP contribution in [-0.4, -0.2) is 34.7 Å². The highest BCUT2D eigenvalue weighted by Gasteiger charge is 2.23. The Bertz CT molecular complexity index is 1200. The molecule has 6 nitrogen and oxygen atoms in total. The predicted molar refractivity (Wildman–Crippen MR) is 133 cm³/mol. The lowest BCUT2D eigenvalue weighted by Crippen LogP contribution is -2.43. The van der Waals surface area contributed by atoms with E-state index in [9.17, 15) is 9.59 Å². The molecule has 0 aliphatic rings. The minimum Gasteiger partial charge on any atom is -0.467 e. The van der Waals surface area contributed by atoms with Gasteiger partial charge in [0.1, 0.15) is 23.8 Å². The highest BCUT2D eigenvalue weighted by Crippen LogP contribution is 2.14. The molecule has 0 N–H and O–H groups in total. The van der Waals surface area contributed by atoms with Crippen LogP contribution in [0.1, 0.15) is 28.4 Å². The summed E-state index contributed by atoms with van der Waals surface area (Å²) < 4.78 is 11.2. The van der Waals surface area contributed by atoms with Gasteiger partial charge in [-0.25, -0.2) is 0 Å². The average molecular weight is 471 g/mol. The third kappa shape index (κ3) is 7.21. The van der Waals surface area contributed by atoms with Gasteiger partial charge in [0, 0.05) is 6.54 Å². The molecule has 0 aliphatic heterocycles. The van der Waals surface area contributed by atoms with Gasteiger partial charge in [-0.1, -0.05) is 60.7 Å². The van der Waals surface area contributed by atoms with Crippen LogP contribution in [0.4, 0.5) is 0 Å². The summed E-state index contributed by atoms with van der Waals surface area (Å²) in [6.07, 6.45) is 2.50. The maximum Gasteiger partial charge on any atom is 0.242 e. The first-order valence-corrected chi connectivity index (χ1v) is 11.8. The Morgan fingerprint density at radius 1 is 0.714 bits per heavy atom. The molecule has 35 heavy (non-hydrogen) atoms. The van der Waals surface area contributed by atoms with Gasteiger partial charge >= 0.3 is 0 Å². The number of benzene rings is 2. The zero-order valence-corrected chi connectivity index (χ0v) is 19.9. The molecule has 6 heteroatoms. The van der Waals surface area contributed by atoms with E-state index in [0.717, 1.165) is 22.6 Å². The van der Waals surface area contributed by atoms with Gasteiger partial charge in [0.25, 0.3) is 0 Å². The number of carbonyl (C=O) groups is 2. The first-order chi connectivity index (χ1) is 17.1. The Hall–Kier alpha value is -4.06. The Balaban J connectivity index is 1.50. The molecule has 0 radical (unpaired) electrons. The quantitative estimate of drug-likeness (QED) is 0.309. The summed E-state index contributed by atoms with van der Waals surface area (Å²) in [7, 11) is 0. The summed E-state index contributed by atoms with van der Waals surface area (Å²) >= 11 is 0. The average Bonchev–Trinajstić information content (AvgIpc) is 3.54. The van der Waals surface area contributed by atoms with Crippen LogP contribution < -0.4 is 0 Å². The van der Waals surface area contributed by atoms with Crippen molar-refractivity contribution in [1.29, 1.82) is 0 Å². The van der Waals surface area contributed by atoms with Gasteiger partial charge in [-0.2, -0.15) is 0 Å². The van der Waals surface area contributed by atoms with Crippen molar-refractivity contribution < 1.29 is 18.4 Å². The summed E-state index contributed by atoms with van der Waals surface area (Å²) in [6, 6.07) is 27.0. The van der Waals surface area contributed by atoms with E-state index in [-0.39, 0.29) is 31.3 Å². The van der Waals surface area contributed by atoms with Gasteiger partial charge in [0.2, 0.25) is 11.8 Å². The fourth-order valence-electron chi connectivity index (χ4n) is 3.93. The van der Waals surface area contributed by atoms with Crippen LogP contribution >= 0.6 is 0 Å². The monoisotopic (exact) mass is 470 g/mol. The largest absolute Gasteiger partial charge is 0.467 e. The summed E-state index contributed by atoms with van der Waals surface area (Å²) in [5.41, 5.74) is 2.05. The topological polar surface area (TPSA) is 66.9 Å². The van der Waals surface area contributed by atoms with Crippen molar-refractivity contribution in [2.45, 2.75) is 32.9 Å². The molecule has 2 amide bonds. The number of amides is 2. The van der Waals surface area contributed by atoms with Crippen molar-refractivity contribution in [2.24, 2.45) is 0 Å². The van der Waals surface area contributed by atoms with Crippen molar-refractivity contribution in [3.63, 3.8) is 0 Å². The number of hydrogen-bond donors (Lipinski definition) is 0. The standard InChI is InChI=1S/C29H30N2O4/c1-23-14-15-27(35-23)21-30(17-16-24-9-4-2-5-10-24)29(33)22-31(20-26-13-8-18-34-26)28(32)19-25-11-6-3-7-12-25/h2-15,18H,16-17,19-22H2,1H3. The Morgan fingerprint density at radius 2 is 1.40 bits per heavy atom. The maximum absolute atomic E-state index is 13.5. The van der Waals surface area contributed by atoms with Crippen molar-refractivity contribution in [3.05, 3.63) is 120 Å². The maximum atomic E-state index is 13.5. The first-order valence-electron chi connectivity index (χ1n) is 11.8. The van der Waals surface area contributed by atoms with Crippen LogP contribution in [0.2, 0.25) is 0 Å². The zero-order chi connectivity index (χ0) is 24.5. The molecule has 0 atom stereocenters. The smallest absolute Gasteiger partial charge is 0.242 e. The molecule has 0 bridgehead atoms. The third-order valence-electron chi connectivity index (χ3n) is 5.81. The zero-order valence-electron chi connectivity index (χ0n) is 19.9. The van der Waals surface area contributed by atoms with Gasteiger partial charge < -0.3 is 18.6 Å². The molecule has 0 aliphatic carbocycles.